The molecule has 7 rings (SSSR count). The first-order chi connectivity index (χ1) is 22.7. The van der Waals surface area contributed by atoms with Crippen molar-refractivity contribution in [2.75, 3.05) is 0 Å². The van der Waals surface area contributed by atoms with Crippen molar-refractivity contribution < 1.29 is 0 Å². The lowest BCUT2D eigenvalue weighted by Crippen LogP contribution is -2.39. The van der Waals surface area contributed by atoms with Gasteiger partial charge in [0.05, 0.1) is 6.54 Å². The molecule has 0 amide bonds. The second kappa shape index (κ2) is 12.9. The zero-order valence-corrected chi connectivity index (χ0v) is 26.3. The van der Waals surface area contributed by atoms with Crippen LogP contribution in [0.2, 0.25) is 0 Å². The van der Waals surface area contributed by atoms with Gasteiger partial charge in [0.15, 0.2) is 5.82 Å². The Bertz CT molecular complexity index is 2000. The molecule has 46 heavy (non-hydrogen) atoms. The molecule has 1 N–H and O–H groups in total. The molecule has 0 radical (unpaired) electrons. The summed E-state index contributed by atoms with van der Waals surface area (Å²) in [4.78, 5) is 0.475. The maximum Gasteiger partial charge on any atom is 0.200 e. The monoisotopic (exact) mass is 619 g/mol. The Morgan fingerprint density at radius 2 is 1.22 bits per heavy atom. The lowest BCUT2D eigenvalue weighted by atomic mass is 9.77. The van der Waals surface area contributed by atoms with Crippen LogP contribution in [0.4, 0.5) is 0 Å². The summed E-state index contributed by atoms with van der Waals surface area (Å²) < 4.78 is 3.76. The minimum absolute atomic E-state index is 0.475. The van der Waals surface area contributed by atoms with Crippen LogP contribution in [0.5, 0.6) is 0 Å². The molecular weight excluding hydrogens is 587 g/mol. The summed E-state index contributed by atoms with van der Waals surface area (Å²) >= 11 is 1.45. The fourth-order valence-corrected chi connectivity index (χ4v) is 7.04. The first-order valence-corrected chi connectivity index (χ1v) is 16.3. The molecule has 0 aliphatic heterocycles. The van der Waals surface area contributed by atoms with E-state index in [1.54, 1.807) is 4.68 Å². The van der Waals surface area contributed by atoms with Gasteiger partial charge in [-0.3, -0.25) is 5.41 Å². The molecule has 0 fully saturated rings. The summed E-state index contributed by atoms with van der Waals surface area (Å²) in [5.41, 5.74) is 6.43. The predicted octanol–water partition coefficient (Wildman–Crippen LogP) is 7.59. The second-order valence-corrected chi connectivity index (χ2v) is 12.2. The Balaban J connectivity index is 1.35. The summed E-state index contributed by atoms with van der Waals surface area (Å²) in [6, 6.07) is 48.1. The van der Waals surface area contributed by atoms with Gasteiger partial charge in [-0.1, -0.05) is 158 Å². The van der Waals surface area contributed by atoms with Crippen molar-refractivity contribution in [3.05, 3.63) is 172 Å². The van der Waals surface area contributed by atoms with Crippen molar-refractivity contribution in [3.8, 4) is 22.5 Å². The number of rotatable bonds is 10. The third kappa shape index (κ3) is 5.37. The molecular formula is C38H33N7S. The summed E-state index contributed by atoms with van der Waals surface area (Å²) in [5, 5.41) is 27.7. The molecule has 0 bridgehead atoms. The summed E-state index contributed by atoms with van der Waals surface area (Å²) in [6.45, 7) is 2.70. The average Bonchev–Trinajstić information content (AvgIpc) is 3.74. The number of hydrogen-bond acceptors (Lipinski definition) is 6. The summed E-state index contributed by atoms with van der Waals surface area (Å²) in [6.07, 6.45) is 1.92. The molecule has 0 unspecified atom stereocenters. The molecule has 0 atom stereocenters. The van der Waals surface area contributed by atoms with Gasteiger partial charge in [-0.05, 0) is 50.2 Å². The molecule has 5 aromatic carbocycles. The number of hydrogen-bond donors (Lipinski definition) is 1. The van der Waals surface area contributed by atoms with E-state index in [2.05, 4.69) is 132 Å². The number of nitrogens with one attached hydrogen (secondary N) is 1. The van der Waals surface area contributed by atoms with E-state index in [1.165, 1.54) is 11.3 Å². The topological polar surface area (TPSA) is 85.3 Å². The van der Waals surface area contributed by atoms with E-state index in [9.17, 15) is 0 Å². The van der Waals surface area contributed by atoms with Crippen LogP contribution in [0, 0.1) is 5.41 Å². The van der Waals surface area contributed by atoms with Gasteiger partial charge in [0.25, 0.3) is 0 Å². The van der Waals surface area contributed by atoms with Crippen LogP contribution in [-0.4, -0.2) is 30.0 Å². The van der Waals surface area contributed by atoms with Crippen LogP contribution in [0.1, 0.15) is 40.6 Å². The quantitative estimate of drug-likeness (QED) is 0.160. The van der Waals surface area contributed by atoms with E-state index in [-0.39, 0.29) is 0 Å². The van der Waals surface area contributed by atoms with E-state index in [1.807, 2.05) is 35.0 Å². The van der Waals surface area contributed by atoms with Gasteiger partial charge in [-0.2, -0.15) is 5.10 Å². The maximum absolute atomic E-state index is 8.36. The standard InChI is InChI=1S/C38H33N7S/c1-2-14-35-41-44(37(39)46-35)27-28-23-25-29(26-24-28)33-21-12-13-22-34(33)36-40-42-43-45(36)38(30-15-6-3-7-16-30,31-17-8-4-9-18-31)32-19-10-5-11-20-32/h3-13,15-26,39H,2,14,27H2,1H3. The molecule has 226 valence electrons. The van der Waals surface area contributed by atoms with Gasteiger partial charge in [0, 0.05) is 12.0 Å². The van der Waals surface area contributed by atoms with Gasteiger partial charge in [-0.15, -0.1) is 5.10 Å². The van der Waals surface area contributed by atoms with E-state index in [4.69, 9.17) is 10.6 Å². The molecule has 0 aliphatic rings. The highest BCUT2D eigenvalue weighted by atomic mass is 32.1. The zero-order chi connectivity index (χ0) is 31.3. The third-order valence-electron chi connectivity index (χ3n) is 8.27. The predicted molar refractivity (Wildman–Crippen MR) is 182 cm³/mol. The first kappa shape index (κ1) is 29.3. The van der Waals surface area contributed by atoms with Crippen molar-refractivity contribution in [2.24, 2.45) is 0 Å². The molecule has 7 aromatic rings. The fourth-order valence-electron chi connectivity index (χ4n) is 6.17. The number of aryl methyl sites for hydroxylation is 1. The molecule has 2 aromatic heterocycles. The molecule has 7 nitrogen and oxygen atoms in total. The van der Waals surface area contributed by atoms with E-state index in [0.717, 1.165) is 56.8 Å². The third-order valence-corrected chi connectivity index (χ3v) is 9.20. The van der Waals surface area contributed by atoms with E-state index >= 15 is 0 Å². The van der Waals surface area contributed by atoms with Crippen LogP contribution >= 0.6 is 11.3 Å². The van der Waals surface area contributed by atoms with Crippen LogP contribution < -0.4 is 4.80 Å². The average molecular weight is 620 g/mol. The minimum atomic E-state index is -0.838. The molecule has 8 heteroatoms. The van der Waals surface area contributed by atoms with Crippen molar-refractivity contribution in [1.82, 2.24) is 30.0 Å². The van der Waals surface area contributed by atoms with Gasteiger partial charge >= 0.3 is 0 Å². The van der Waals surface area contributed by atoms with Gasteiger partial charge in [0.2, 0.25) is 4.80 Å². The smallest absolute Gasteiger partial charge is 0.200 e. The molecule has 2 heterocycles. The lowest BCUT2D eigenvalue weighted by Gasteiger charge is -2.36. The summed E-state index contributed by atoms with van der Waals surface area (Å²) in [5.74, 6) is 0.663. The highest BCUT2D eigenvalue weighted by molar-refractivity contribution is 7.08. The normalized spacial score (nSPS) is 11.5. The Morgan fingerprint density at radius 3 is 1.78 bits per heavy atom. The Kier molecular flexibility index (Phi) is 8.18. The van der Waals surface area contributed by atoms with Crippen LogP contribution in [0.3, 0.4) is 0 Å². The summed E-state index contributed by atoms with van der Waals surface area (Å²) in [7, 11) is 0. The van der Waals surface area contributed by atoms with Crippen molar-refractivity contribution >= 4 is 11.3 Å². The lowest BCUT2D eigenvalue weighted by molar-refractivity contribution is 0.451. The number of tetrazole rings is 1. The molecule has 0 saturated heterocycles. The first-order valence-electron chi connectivity index (χ1n) is 15.4. The van der Waals surface area contributed by atoms with Gasteiger partial charge in [-0.25, -0.2) is 9.36 Å². The van der Waals surface area contributed by atoms with Crippen LogP contribution in [0.25, 0.3) is 22.5 Å². The van der Waals surface area contributed by atoms with Crippen molar-refractivity contribution in [1.29, 1.82) is 5.41 Å². The van der Waals surface area contributed by atoms with Crippen LogP contribution in [0.15, 0.2) is 140 Å². The van der Waals surface area contributed by atoms with E-state index < -0.39 is 5.54 Å². The number of nitrogens with zero attached hydrogens (tertiary/aromatic N) is 6. The number of aromatic nitrogens is 6. The van der Waals surface area contributed by atoms with Gasteiger partial charge in [0.1, 0.15) is 10.5 Å². The fraction of sp³-hybridized carbons (Fsp3) is 0.132. The minimum Gasteiger partial charge on any atom is -0.274 e. The highest BCUT2D eigenvalue weighted by Crippen LogP contribution is 2.43. The Hall–Kier alpha value is -5.47. The second-order valence-electron chi connectivity index (χ2n) is 11.2. The van der Waals surface area contributed by atoms with Gasteiger partial charge < -0.3 is 0 Å². The molecule has 0 saturated carbocycles. The van der Waals surface area contributed by atoms with Crippen molar-refractivity contribution in [3.63, 3.8) is 0 Å². The SMILES string of the molecule is CCCc1nn(Cc2ccc(-c3ccccc3-c3nnnn3C(c3ccccc3)(c3ccccc3)c3ccccc3)cc2)c(=N)s1. The van der Waals surface area contributed by atoms with Crippen molar-refractivity contribution in [2.45, 2.75) is 31.8 Å². The maximum atomic E-state index is 8.36. The highest BCUT2D eigenvalue weighted by Gasteiger charge is 2.42. The molecule has 0 aliphatic carbocycles. The Labute approximate surface area is 272 Å². The number of benzene rings is 5. The van der Waals surface area contributed by atoms with E-state index in [0.29, 0.717) is 17.2 Å². The Morgan fingerprint density at radius 1 is 0.674 bits per heavy atom. The largest absolute Gasteiger partial charge is 0.274 e. The zero-order valence-electron chi connectivity index (χ0n) is 25.5. The van der Waals surface area contributed by atoms with Crippen LogP contribution in [-0.2, 0) is 18.5 Å². The molecule has 0 spiro atoms.